The number of fused-ring (bicyclic) bond motifs is 1. The molecular formula is C23H26N4O3S. The molecule has 0 aromatic carbocycles. The predicted molar refractivity (Wildman–Crippen MR) is 120 cm³/mol. The molecule has 0 radical (unpaired) electrons. The van der Waals surface area contributed by atoms with Gasteiger partial charge in [-0.2, -0.15) is 0 Å². The fourth-order valence-corrected chi connectivity index (χ4v) is 4.93. The first kappa shape index (κ1) is 21.2. The molecule has 3 aromatic rings. The van der Waals surface area contributed by atoms with E-state index in [2.05, 4.69) is 21.4 Å². The van der Waals surface area contributed by atoms with Gasteiger partial charge in [0.15, 0.2) is 0 Å². The lowest BCUT2D eigenvalue weighted by atomic mass is 9.96. The number of anilines is 1. The molecule has 31 heavy (non-hydrogen) atoms. The number of carboxylic acids is 1. The second-order valence-electron chi connectivity index (χ2n) is 7.74. The molecular weight excluding hydrogens is 412 g/mol. The topological polar surface area (TPSA) is 97.2 Å². The van der Waals surface area contributed by atoms with Gasteiger partial charge in [-0.05, 0) is 49.3 Å². The number of ether oxygens (including phenoxy) is 1. The zero-order valence-electron chi connectivity index (χ0n) is 17.5. The minimum atomic E-state index is -0.852. The maximum Gasteiger partial charge on any atom is 0.304 e. The minimum Gasteiger partial charge on any atom is -0.481 e. The molecule has 4 heterocycles. The van der Waals surface area contributed by atoms with Crippen LogP contribution in [-0.2, 0) is 17.6 Å². The van der Waals surface area contributed by atoms with Crippen molar-refractivity contribution in [1.29, 1.82) is 0 Å². The summed E-state index contributed by atoms with van der Waals surface area (Å²) in [6, 6.07) is 8.17. The van der Waals surface area contributed by atoms with Crippen LogP contribution in [0.3, 0.4) is 0 Å². The molecule has 0 bridgehead atoms. The molecule has 0 saturated carbocycles. The number of nitrogens with one attached hydrogen (secondary N) is 1. The number of thiazole rings is 1. The summed E-state index contributed by atoms with van der Waals surface area (Å²) in [5.74, 6) is 0.359. The number of aryl methyl sites for hydroxylation is 2. The summed E-state index contributed by atoms with van der Waals surface area (Å²) >= 11 is 1.52. The fraction of sp³-hybridized carbons (Fsp3) is 0.391. The van der Waals surface area contributed by atoms with Gasteiger partial charge in [0.1, 0.15) is 10.8 Å². The Morgan fingerprint density at radius 3 is 3.03 bits per heavy atom. The van der Waals surface area contributed by atoms with Gasteiger partial charge >= 0.3 is 5.97 Å². The summed E-state index contributed by atoms with van der Waals surface area (Å²) in [5.41, 5.74) is 3.15. The smallest absolute Gasteiger partial charge is 0.304 e. The molecule has 3 aromatic heterocycles. The Kier molecular flexibility index (Phi) is 6.76. The monoisotopic (exact) mass is 438 g/mol. The van der Waals surface area contributed by atoms with Crippen LogP contribution in [0.4, 0.5) is 5.82 Å². The van der Waals surface area contributed by atoms with Crippen molar-refractivity contribution in [1.82, 2.24) is 15.0 Å². The van der Waals surface area contributed by atoms with E-state index in [1.165, 1.54) is 16.9 Å². The molecule has 1 aliphatic rings. The van der Waals surface area contributed by atoms with Crippen LogP contribution in [0.5, 0.6) is 5.88 Å². The number of hydrogen-bond acceptors (Lipinski definition) is 7. The minimum absolute atomic E-state index is 0.0145. The number of carboxylic acid groups (broad SMARTS) is 1. The lowest BCUT2D eigenvalue weighted by Gasteiger charge is -2.25. The molecule has 2 atom stereocenters. The normalized spacial score (nSPS) is 16.2. The molecule has 4 rings (SSSR count). The summed E-state index contributed by atoms with van der Waals surface area (Å²) in [7, 11) is 1.56. The first-order valence-corrected chi connectivity index (χ1v) is 11.4. The van der Waals surface area contributed by atoms with Crippen LogP contribution in [0.15, 0.2) is 42.0 Å². The summed E-state index contributed by atoms with van der Waals surface area (Å²) in [6.07, 6.45) is 8.63. The van der Waals surface area contributed by atoms with Gasteiger partial charge in [-0.1, -0.05) is 12.1 Å². The van der Waals surface area contributed by atoms with E-state index in [0.717, 1.165) is 54.2 Å². The summed E-state index contributed by atoms with van der Waals surface area (Å²) in [4.78, 5) is 24.9. The summed E-state index contributed by atoms with van der Waals surface area (Å²) in [5, 5.41) is 15.8. The molecule has 1 aliphatic heterocycles. The van der Waals surface area contributed by atoms with Crippen LogP contribution in [0.2, 0.25) is 0 Å². The highest BCUT2D eigenvalue weighted by Gasteiger charge is 2.22. The van der Waals surface area contributed by atoms with Crippen LogP contribution < -0.4 is 10.1 Å². The van der Waals surface area contributed by atoms with E-state index < -0.39 is 5.97 Å². The number of aliphatic carboxylic acids is 1. The third kappa shape index (κ3) is 5.38. The molecule has 0 saturated heterocycles. The zero-order chi connectivity index (χ0) is 21.6. The second-order valence-corrected chi connectivity index (χ2v) is 8.63. The summed E-state index contributed by atoms with van der Waals surface area (Å²) in [6.45, 7) is 0. The van der Waals surface area contributed by atoms with Gasteiger partial charge in [-0.25, -0.2) is 15.0 Å². The van der Waals surface area contributed by atoms with Crippen LogP contribution in [-0.4, -0.2) is 39.2 Å². The van der Waals surface area contributed by atoms with Gasteiger partial charge in [-0.3, -0.25) is 4.79 Å². The van der Waals surface area contributed by atoms with Crippen LogP contribution >= 0.6 is 11.3 Å². The molecule has 162 valence electrons. The largest absolute Gasteiger partial charge is 0.481 e. The SMILES string of the molecule is COc1ccc([C@H](CC(=O)O)c2nc(CCCC3CCc4cccnc4N3)cs2)cn1. The number of nitrogens with zero attached hydrogens (tertiary/aromatic N) is 3. The van der Waals surface area contributed by atoms with Gasteiger partial charge in [-0.15, -0.1) is 11.3 Å². The van der Waals surface area contributed by atoms with E-state index in [-0.39, 0.29) is 12.3 Å². The van der Waals surface area contributed by atoms with Gasteiger partial charge in [0.25, 0.3) is 0 Å². The average Bonchev–Trinajstić information content (AvgIpc) is 3.26. The van der Waals surface area contributed by atoms with E-state index in [4.69, 9.17) is 9.72 Å². The first-order valence-electron chi connectivity index (χ1n) is 10.5. The van der Waals surface area contributed by atoms with Crippen molar-refractivity contribution in [2.75, 3.05) is 12.4 Å². The molecule has 8 heteroatoms. The average molecular weight is 439 g/mol. The maximum atomic E-state index is 11.4. The predicted octanol–water partition coefficient (Wildman–Crippen LogP) is 4.30. The molecule has 0 amide bonds. The van der Waals surface area contributed by atoms with Crippen molar-refractivity contribution >= 4 is 23.1 Å². The quantitative estimate of drug-likeness (QED) is 0.514. The van der Waals surface area contributed by atoms with Crippen LogP contribution in [0, 0.1) is 0 Å². The number of methoxy groups -OCH3 is 1. The van der Waals surface area contributed by atoms with Crippen LogP contribution in [0.1, 0.15) is 53.4 Å². The van der Waals surface area contributed by atoms with E-state index in [1.807, 2.05) is 23.7 Å². The summed E-state index contributed by atoms with van der Waals surface area (Å²) < 4.78 is 5.10. The Morgan fingerprint density at radius 2 is 2.26 bits per heavy atom. The maximum absolute atomic E-state index is 11.4. The molecule has 7 nitrogen and oxygen atoms in total. The van der Waals surface area contributed by atoms with Crippen molar-refractivity contribution < 1.29 is 14.6 Å². The number of hydrogen-bond donors (Lipinski definition) is 2. The highest BCUT2D eigenvalue weighted by molar-refractivity contribution is 7.09. The Morgan fingerprint density at radius 1 is 1.35 bits per heavy atom. The van der Waals surface area contributed by atoms with Crippen molar-refractivity contribution in [3.05, 3.63) is 63.9 Å². The third-order valence-corrected chi connectivity index (χ3v) is 6.60. The fourth-order valence-electron chi connectivity index (χ4n) is 3.95. The lowest BCUT2D eigenvalue weighted by Crippen LogP contribution is -2.26. The number of pyridine rings is 2. The molecule has 2 N–H and O–H groups in total. The zero-order valence-corrected chi connectivity index (χ0v) is 18.3. The Hall–Kier alpha value is -3.00. The number of carbonyl (C=O) groups is 1. The van der Waals surface area contributed by atoms with Gasteiger partial charge < -0.3 is 15.2 Å². The Bertz CT molecular complexity index is 1020. The van der Waals surface area contributed by atoms with Gasteiger partial charge in [0.05, 0.1) is 19.2 Å². The Labute approximate surface area is 185 Å². The van der Waals surface area contributed by atoms with Gasteiger partial charge in [0, 0.05) is 35.8 Å². The molecule has 0 aliphatic carbocycles. The van der Waals surface area contributed by atoms with E-state index >= 15 is 0 Å². The standard InChI is InChI=1S/C23H26N4O3S/c1-30-20-10-8-16(13-25-20)19(12-21(28)29)23-27-18(14-31-23)6-2-5-17-9-7-15-4-3-11-24-22(15)26-17/h3-4,8,10-11,13-14,17,19H,2,5-7,9,12H2,1H3,(H,24,26)(H,28,29)/t17?,19-/m0/s1. The van der Waals surface area contributed by atoms with Crippen LogP contribution in [0.25, 0.3) is 0 Å². The van der Waals surface area contributed by atoms with E-state index in [0.29, 0.717) is 11.9 Å². The molecule has 0 spiro atoms. The Balaban J connectivity index is 1.36. The molecule has 0 fully saturated rings. The highest BCUT2D eigenvalue weighted by Crippen LogP contribution is 2.31. The highest BCUT2D eigenvalue weighted by atomic mass is 32.1. The van der Waals surface area contributed by atoms with E-state index in [9.17, 15) is 9.90 Å². The van der Waals surface area contributed by atoms with Gasteiger partial charge in [0.2, 0.25) is 5.88 Å². The first-order chi connectivity index (χ1) is 15.1. The van der Waals surface area contributed by atoms with E-state index in [1.54, 1.807) is 19.4 Å². The molecule has 1 unspecified atom stereocenters. The van der Waals surface area contributed by atoms with Crippen molar-refractivity contribution in [2.24, 2.45) is 0 Å². The lowest BCUT2D eigenvalue weighted by molar-refractivity contribution is -0.137. The third-order valence-electron chi connectivity index (χ3n) is 5.60. The number of rotatable bonds is 9. The van der Waals surface area contributed by atoms with Crippen molar-refractivity contribution in [3.8, 4) is 5.88 Å². The van der Waals surface area contributed by atoms with Crippen molar-refractivity contribution in [2.45, 2.75) is 50.5 Å². The van der Waals surface area contributed by atoms with Crippen molar-refractivity contribution in [3.63, 3.8) is 0 Å². The second kappa shape index (κ2) is 9.87. The number of aromatic nitrogens is 3.